The quantitative estimate of drug-likeness (QED) is 0.758. The summed E-state index contributed by atoms with van der Waals surface area (Å²) in [7, 11) is 1.79. The minimum Gasteiger partial charge on any atom is -0.389 e. The van der Waals surface area contributed by atoms with Crippen LogP contribution in [-0.2, 0) is 4.79 Å². The second-order valence-corrected chi connectivity index (χ2v) is 4.45. The number of carbonyl (C=O) groups excluding carboxylic acids is 1. The molecule has 1 amide bonds. The van der Waals surface area contributed by atoms with E-state index in [2.05, 4.69) is 10.3 Å². The van der Waals surface area contributed by atoms with Gasteiger partial charge >= 0.3 is 0 Å². The summed E-state index contributed by atoms with van der Waals surface area (Å²) in [5, 5.41) is 3.10. The molecule has 0 aliphatic carbocycles. The van der Waals surface area contributed by atoms with Gasteiger partial charge in [0.05, 0.1) is 5.56 Å². The van der Waals surface area contributed by atoms with Crippen molar-refractivity contribution >= 4 is 28.9 Å². The fourth-order valence-corrected chi connectivity index (χ4v) is 2.01. The van der Waals surface area contributed by atoms with Gasteiger partial charge in [-0.3, -0.25) is 4.79 Å². The molecular weight excluding hydrogens is 236 g/mol. The Morgan fingerprint density at radius 1 is 1.71 bits per heavy atom. The Morgan fingerprint density at radius 2 is 2.47 bits per heavy atom. The highest BCUT2D eigenvalue weighted by Gasteiger charge is 2.29. The molecule has 2 rings (SSSR count). The minimum atomic E-state index is -0.233. The lowest BCUT2D eigenvalue weighted by atomic mass is 10.2. The third-order valence-electron chi connectivity index (χ3n) is 2.81. The number of amides is 1. The summed E-state index contributed by atoms with van der Waals surface area (Å²) in [5.41, 5.74) is 6.28. The normalized spacial score (nSPS) is 19.5. The third kappa shape index (κ3) is 2.36. The molecule has 6 heteroatoms. The van der Waals surface area contributed by atoms with Crippen LogP contribution < -0.4 is 11.1 Å². The fraction of sp³-hybridized carbons (Fsp3) is 0.364. The Morgan fingerprint density at radius 3 is 3.06 bits per heavy atom. The SMILES string of the molecule is CN1CCC(Nc2ncccc2C(N)=S)C1=O. The van der Waals surface area contributed by atoms with Gasteiger partial charge in [-0.15, -0.1) is 0 Å². The van der Waals surface area contributed by atoms with Crippen LogP contribution >= 0.6 is 12.2 Å². The van der Waals surface area contributed by atoms with E-state index >= 15 is 0 Å². The number of hydrogen-bond donors (Lipinski definition) is 2. The molecule has 2 heterocycles. The maximum atomic E-state index is 11.8. The molecule has 3 N–H and O–H groups in total. The molecule has 0 aromatic carbocycles. The van der Waals surface area contributed by atoms with E-state index in [-0.39, 0.29) is 16.9 Å². The van der Waals surface area contributed by atoms with Crippen LogP contribution in [0.15, 0.2) is 18.3 Å². The molecule has 1 atom stereocenters. The van der Waals surface area contributed by atoms with Crippen molar-refractivity contribution in [3.8, 4) is 0 Å². The number of aromatic nitrogens is 1. The maximum absolute atomic E-state index is 11.8. The fourth-order valence-electron chi connectivity index (χ4n) is 1.84. The summed E-state index contributed by atoms with van der Waals surface area (Å²) < 4.78 is 0. The van der Waals surface area contributed by atoms with Crippen LogP contribution in [0.25, 0.3) is 0 Å². The van der Waals surface area contributed by atoms with Gasteiger partial charge in [0.15, 0.2) is 0 Å². The zero-order valence-electron chi connectivity index (χ0n) is 9.51. The summed E-state index contributed by atoms with van der Waals surface area (Å²) in [6.45, 7) is 0.756. The van der Waals surface area contributed by atoms with Gasteiger partial charge in [-0.2, -0.15) is 0 Å². The molecule has 90 valence electrons. The predicted octanol–water partition coefficient (Wildman–Crippen LogP) is 0.358. The molecule has 0 saturated carbocycles. The first-order chi connectivity index (χ1) is 8.09. The van der Waals surface area contributed by atoms with Gasteiger partial charge in [0.2, 0.25) is 5.91 Å². The summed E-state index contributed by atoms with van der Waals surface area (Å²) in [4.78, 5) is 17.9. The van der Waals surface area contributed by atoms with E-state index in [9.17, 15) is 4.79 Å². The predicted molar refractivity (Wildman–Crippen MR) is 69.8 cm³/mol. The second kappa shape index (κ2) is 4.67. The lowest BCUT2D eigenvalue weighted by molar-refractivity contribution is -0.127. The van der Waals surface area contributed by atoms with Crippen LogP contribution in [-0.4, -0.2) is 40.4 Å². The van der Waals surface area contributed by atoms with Gasteiger partial charge in [-0.25, -0.2) is 4.98 Å². The number of nitrogens with two attached hydrogens (primary N) is 1. The number of anilines is 1. The van der Waals surface area contributed by atoms with Crippen LogP contribution in [0.3, 0.4) is 0 Å². The molecular formula is C11H14N4OS. The Hall–Kier alpha value is -1.69. The molecule has 1 aliphatic rings. The van der Waals surface area contributed by atoms with Crippen molar-refractivity contribution in [2.24, 2.45) is 5.73 Å². The van der Waals surface area contributed by atoms with Crippen LogP contribution in [0.2, 0.25) is 0 Å². The number of carbonyl (C=O) groups is 1. The number of nitrogens with one attached hydrogen (secondary N) is 1. The first-order valence-corrected chi connectivity index (χ1v) is 5.76. The van der Waals surface area contributed by atoms with Crippen LogP contribution in [0.4, 0.5) is 5.82 Å². The summed E-state index contributed by atoms with van der Waals surface area (Å²) >= 11 is 4.95. The number of thiocarbonyl (C=S) groups is 1. The highest BCUT2D eigenvalue weighted by molar-refractivity contribution is 7.80. The van der Waals surface area contributed by atoms with Gasteiger partial charge in [-0.1, -0.05) is 12.2 Å². The van der Waals surface area contributed by atoms with E-state index in [4.69, 9.17) is 18.0 Å². The van der Waals surface area contributed by atoms with Crippen molar-refractivity contribution in [2.45, 2.75) is 12.5 Å². The lowest BCUT2D eigenvalue weighted by Gasteiger charge is -2.14. The standard InChI is InChI=1S/C11H14N4OS/c1-15-6-4-8(11(15)16)14-10-7(9(12)17)3-2-5-13-10/h2-3,5,8H,4,6H2,1H3,(H2,12,17)(H,13,14). The van der Waals surface area contributed by atoms with Crippen LogP contribution in [0.1, 0.15) is 12.0 Å². The number of likely N-dealkylation sites (tertiary alicyclic amines) is 1. The first kappa shape index (κ1) is 11.8. The second-order valence-electron chi connectivity index (χ2n) is 4.01. The molecule has 1 aromatic rings. The minimum absolute atomic E-state index is 0.0737. The van der Waals surface area contributed by atoms with E-state index in [0.717, 1.165) is 13.0 Å². The van der Waals surface area contributed by atoms with Gasteiger partial charge < -0.3 is 16.0 Å². The smallest absolute Gasteiger partial charge is 0.244 e. The van der Waals surface area contributed by atoms with Gasteiger partial charge in [0, 0.05) is 19.8 Å². The summed E-state index contributed by atoms with van der Waals surface area (Å²) in [6, 6.07) is 3.33. The van der Waals surface area contributed by atoms with E-state index in [1.807, 2.05) is 0 Å². The zero-order valence-corrected chi connectivity index (χ0v) is 10.3. The summed E-state index contributed by atoms with van der Waals surface area (Å²) in [6.07, 6.45) is 2.41. The average molecular weight is 250 g/mol. The van der Waals surface area contributed by atoms with E-state index in [1.165, 1.54) is 0 Å². The average Bonchev–Trinajstić information content (AvgIpc) is 2.61. The van der Waals surface area contributed by atoms with Crippen molar-refractivity contribution < 1.29 is 4.79 Å². The maximum Gasteiger partial charge on any atom is 0.244 e. The lowest BCUT2D eigenvalue weighted by Crippen LogP contribution is -2.32. The van der Waals surface area contributed by atoms with Crippen LogP contribution in [0.5, 0.6) is 0 Å². The Kier molecular flexibility index (Phi) is 3.23. The molecule has 0 radical (unpaired) electrons. The number of likely N-dealkylation sites (N-methyl/N-ethyl adjacent to an activating group) is 1. The van der Waals surface area contributed by atoms with E-state index in [0.29, 0.717) is 11.4 Å². The van der Waals surface area contributed by atoms with Gasteiger partial charge in [-0.05, 0) is 18.6 Å². The highest BCUT2D eigenvalue weighted by atomic mass is 32.1. The number of hydrogen-bond acceptors (Lipinski definition) is 4. The molecule has 1 fully saturated rings. The van der Waals surface area contributed by atoms with Crippen LogP contribution in [0, 0.1) is 0 Å². The van der Waals surface area contributed by atoms with Crippen molar-refractivity contribution in [1.82, 2.24) is 9.88 Å². The number of rotatable bonds is 3. The Bertz CT molecular complexity index is 463. The van der Waals surface area contributed by atoms with Crippen molar-refractivity contribution in [2.75, 3.05) is 18.9 Å². The topological polar surface area (TPSA) is 71.2 Å². The summed E-state index contributed by atoms with van der Waals surface area (Å²) in [5.74, 6) is 0.651. The van der Waals surface area contributed by atoms with Gasteiger partial charge in [0.1, 0.15) is 16.8 Å². The van der Waals surface area contributed by atoms with E-state index in [1.54, 1.807) is 30.3 Å². The number of pyridine rings is 1. The molecule has 0 spiro atoms. The highest BCUT2D eigenvalue weighted by Crippen LogP contribution is 2.17. The molecule has 0 bridgehead atoms. The zero-order chi connectivity index (χ0) is 12.4. The molecule has 1 aromatic heterocycles. The molecule has 1 unspecified atom stereocenters. The van der Waals surface area contributed by atoms with Crippen molar-refractivity contribution in [3.63, 3.8) is 0 Å². The first-order valence-electron chi connectivity index (χ1n) is 5.36. The molecule has 1 saturated heterocycles. The van der Waals surface area contributed by atoms with Crippen molar-refractivity contribution in [1.29, 1.82) is 0 Å². The number of nitrogens with zero attached hydrogens (tertiary/aromatic N) is 2. The third-order valence-corrected chi connectivity index (χ3v) is 3.03. The largest absolute Gasteiger partial charge is 0.389 e. The molecule has 1 aliphatic heterocycles. The molecule has 17 heavy (non-hydrogen) atoms. The molecule has 5 nitrogen and oxygen atoms in total. The van der Waals surface area contributed by atoms with E-state index < -0.39 is 0 Å². The monoisotopic (exact) mass is 250 g/mol. The Labute approximate surface area is 105 Å². The van der Waals surface area contributed by atoms with Crippen molar-refractivity contribution in [3.05, 3.63) is 23.9 Å². The Balaban J connectivity index is 2.19. The van der Waals surface area contributed by atoms with Gasteiger partial charge in [0.25, 0.3) is 0 Å².